The standard InChI is InChI=1S/C20H23N3O4/c1-25-16-8-5-15(6-9-16)7-10-20(24)23-11-3-4-17(14-23)27-19-13-21-12-18(22-19)26-2/h5-10,12-13,17H,3-4,11,14H2,1-2H3/b10-7+. The number of nitrogens with zero attached hydrogens (tertiary/aromatic N) is 3. The average molecular weight is 369 g/mol. The van der Waals surface area contributed by atoms with E-state index in [4.69, 9.17) is 14.2 Å². The molecule has 142 valence electrons. The summed E-state index contributed by atoms with van der Waals surface area (Å²) >= 11 is 0. The Labute approximate surface area is 158 Å². The first-order valence-electron chi connectivity index (χ1n) is 8.81. The van der Waals surface area contributed by atoms with E-state index in [1.165, 1.54) is 13.3 Å². The molecule has 1 unspecified atom stereocenters. The summed E-state index contributed by atoms with van der Waals surface area (Å²) in [7, 11) is 3.16. The Kier molecular flexibility index (Phi) is 6.25. The molecule has 0 N–H and O–H groups in total. The van der Waals surface area contributed by atoms with Crippen molar-refractivity contribution >= 4 is 12.0 Å². The van der Waals surface area contributed by atoms with Gasteiger partial charge in [-0.3, -0.25) is 9.78 Å². The van der Waals surface area contributed by atoms with Gasteiger partial charge in [0.05, 0.1) is 33.2 Å². The van der Waals surface area contributed by atoms with E-state index in [-0.39, 0.29) is 12.0 Å². The lowest BCUT2D eigenvalue weighted by atomic mass is 10.1. The SMILES string of the molecule is COc1ccc(/C=C/C(=O)N2CCCC(Oc3cncc(OC)n3)C2)cc1. The zero-order valence-corrected chi connectivity index (χ0v) is 15.5. The molecule has 1 aromatic heterocycles. The number of likely N-dealkylation sites (tertiary alicyclic amines) is 1. The molecule has 27 heavy (non-hydrogen) atoms. The van der Waals surface area contributed by atoms with Crippen LogP contribution in [-0.4, -0.2) is 54.2 Å². The van der Waals surface area contributed by atoms with Crippen molar-refractivity contribution in [3.05, 3.63) is 48.3 Å². The van der Waals surface area contributed by atoms with Crippen molar-refractivity contribution in [2.45, 2.75) is 18.9 Å². The second-order valence-corrected chi connectivity index (χ2v) is 6.17. The molecule has 2 heterocycles. The zero-order chi connectivity index (χ0) is 19.1. The molecular formula is C20H23N3O4. The summed E-state index contributed by atoms with van der Waals surface area (Å²) in [6.45, 7) is 1.24. The van der Waals surface area contributed by atoms with Crippen molar-refractivity contribution in [2.75, 3.05) is 27.3 Å². The molecule has 1 fully saturated rings. The minimum atomic E-state index is -0.113. The summed E-state index contributed by atoms with van der Waals surface area (Å²) in [5.41, 5.74) is 0.945. The average Bonchev–Trinajstić information content (AvgIpc) is 2.72. The fourth-order valence-corrected chi connectivity index (χ4v) is 2.88. The molecule has 0 saturated carbocycles. The van der Waals surface area contributed by atoms with E-state index in [1.54, 1.807) is 30.4 Å². The summed E-state index contributed by atoms with van der Waals surface area (Å²) in [5, 5.41) is 0. The third kappa shape index (κ3) is 5.20. The van der Waals surface area contributed by atoms with Gasteiger partial charge in [0.25, 0.3) is 0 Å². The summed E-state index contributed by atoms with van der Waals surface area (Å²) in [5.74, 6) is 1.56. The van der Waals surface area contributed by atoms with Gasteiger partial charge in [0.1, 0.15) is 11.9 Å². The van der Waals surface area contributed by atoms with Gasteiger partial charge in [-0.25, -0.2) is 0 Å². The topological polar surface area (TPSA) is 73.8 Å². The normalized spacial score (nSPS) is 17.0. The molecule has 0 radical (unpaired) electrons. The predicted molar refractivity (Wildman–Crippen MR) is 101 cm³/mol. The Balaban J connectivity index is 1.57. The van der Waals surface area contributed by atoms with Gasteiger partial charge in [-0.2, -0.15) is 4.98 Å². The third-order valence-electron chi connectivity index (χ3n) is 4.31. The number of carbonyl (C=O) groups is 1. The van der Waals surface area contributed by atoms with E-state index < -0.39 is 0 Å². The number of benzene rings is 1. The van der Waals surface area contributed by atoms with E-state index >= 15 is 0 Å². The zero-order valence-electron chi connectivity index (χ0n) is 15.5. The lowest BCUT2D eigenvalue weighted by Gasteiger charge is -2.31. The maximum atomic E-state index is 12.5. The van der Waals surface area contributed by atoms with Crippen LogP contribution in [0.2, 0.25) is 0 Å². The first-order chi connectivity index (χ1) is 13.2. The molecule has 7 nitrogen and oxygen atoms in total. The second kappa shape index (κ2) is 9.02. The van der Waals surface area contributed by atoms with Gasteiger partial charge < -0.3 is 19.1 Å². The van der Waals surface area contributed by atoms with Crippen LogP contribution in [0.3, 0.4) is 0 Å². The van der Waals surface area contributed by atoms with E-state index in [1.807, 2.05) is 24.3 Å². The first-order valence-corrected chi connectivity index (χ1v) is 8.81. The van der Waals surface area contributed by atoms with Crippen molar-refractivity contribution in [1.29, 1.82) is 0 Å². The highest BCUT2D eigenvalue weighted by molar-refractivity contribution is 5.91. The Morgan fingerprint density at radius 2 is 1.93 bits per heavy atom. The molecule has 1 aromatic carbocycles. The van der Waals surface area contributed by atoms with Crippen LogP contribution in [0.5, 0.6) is 17.5 Å². The van der Waals surface area contributed by atoms with Crippen molar-refractivity contribution < 1.29 is 19.0 Å². The molecule has 1 aliphatic heterocycles. The number of piperidine rings is 1. The fourth-order valence-electron chi connectivity index (χ4n) is 2.88. The van der Waals surface area contributed by atoms with Crippen molar-refractivity contribution in [3.8, 4) is 17.5 Å². The summed E-state index contributed by atoms with van der Waals surface area (Å²) < 4.78 is 16.1. The fraction of sp³-hybridized carbons (Fsp3) is 0.350. The van der Waals surface area contributed by atoms with Crippen LogP contribution in [0.1, 0.15) is 18.4 Å². The molecule has 0 aliphatic carbocycles. The highest BCUT2D eigenvalue weighted by atomic mass is 16.5. The van der Waals surface area contributed by atoms with Gasteiger partial charge in [-0.15, -0.1) is 0 Å². The maximum absolute atomic E-state index is 12.5. The maximum Gasteiger partial charge on any atom is 0.246 e. The van der Waals surface area contributed by atoms with Crippen LogP contribution in [0.4, 0.5) is 0 Å². The van der Waals surface area contributed by atoms with Crippen LogP contribution >= 0.6 is 0 Å². The lowest BCUT2D eigenvalue weighted by molar-refractivity contribution is -0.128. The molecule has 1 amide bonds. The number of amides is 1. The summed E-state index contributed by atoms with van der Waals surface area (Å²) in [4.78, 5) is 22.5. The molecule has 0 bridgehead atoms. The van der Waals surface area contributed by atoms with Gasteiger partial charge >= 0.3 is 0 Å². The Morgan fingerprint density at radius 3 is 2.67 bits per heavy atom. The monoisotopic (exact) mass is 369 g/mol. The number of rotatable bonds is 6. The molecule has 1 saturated heterocycles. The molecule has 7 heteroatoms. The predicted octanol–water partition coefficient (Wildman–Crippen LogP) is 2.58. The van der Waals surface area contributed by atoms with Gasteiger partial charge in [0.15, 0.2) is 0 Å². The van der Waals surface area contributed by atoms with Gasteiger partial charge in [0.2, 0.25) is 17.7 Å². The van der Waals surface area contributed by atoms with Crippen LogP contribution in [0.15, 0.2) is 42.7 Å². The number of ether oxygens (including phenoxy) is 3. The molecule has 1 aliphatic rings. The van der Waals surface area contributed by atoms with E-state index in [9.17, 15) is 4.79 Å². The second-order valence-electron chi connectivity index (χ2n) is 6.17. The number of aromatic nitrogens is 2. The third-order valence-corrected chi connectivity index (χ3v) is 4.31. The van der Waals surface area contributed by atoms with Crippen LogP contribution in [-0.2, 0) is 4.79 Å². The molecule has 2 aromatic rings. The number of hydrogen-bond acceptors (Lipinski definition) is 6. The van der Waals surface area contributed by atoms with Crippen molar-refractivity contribution in [1.82, 2.24) is 14.9 Å². The minimum absolute atomic E-state index is 0.0316. The minimum Gasteiger partial charge on any atom is -0.497 e. The van der Waals surface area contributed by atoms with Crippen LogP contribution < -0.4 is 14.2 Å². The number of methoxy groups -OCH3 is 2. The van der Waals surface area contributed by atoms with E-state index in [0.29, 0.717) is 18.3 Å². The van der Waals surface area contributed by atoms with Crippen molar-refractivity contribution in [2.24, 2.45) is 0 Å². The largest absolute Gasteiger partial charge is 0.497 e. The Bertz CT molecular complexity index is 792. The Hall–Kier alpha value is -3.09. The highest BCUT2D eigenvalue weighted by Gasteiger charge is 2.24. The van der Waals surface area contributed by atoms with E-state index in [0.717, 1.165) is 30.7 Å². The van der Waals surface area contributed by atoms with E-state index in [2.05, 4.69) is 9.97 Å². The summed E-state index contributed by atoms with van der Waals surface area (Å²) in [6, 6.07) is 7.55. The van der Waals surface area contributed by atoms with Gasteiger partial charge in [-0.1, -0.05) is 12.1 Å². The number of carbonyl (C=O) groups excluding carboxylic acids is 1. The first kappa shape index (κ1) is 18.7. The highest BCUT2D eigenvalue weighted by Crippen LogP contribution is 2.19. The Morgan fingerprint density at radius 1 is 1.15 bits per heavy atom. The van der Waals surface area contributed by atoms with Gasteiger partial charge in [0, 0.05) is 12.6 Å². The molecular weight excluding hydrogens is 346 g/mol. The van der Waals surface area contributed by atoms with Crippen LogP contribution in [0, 0.1) is 0 Å². The quantitative estimate of drug-likeness (QED) is 0.729. The molecule has 3 rings (SSSR count). The molecule has 1 atom stereocenters. The number of hydrogen-bond donors (Lipinski definition) is 0. The summed E-state index contributed by atoms with van der Waals surface area (Å²) in [6.07, 6.45) is 8.10. The van der Waals surface area contributed by atoms with Crippen LogP contribution in [0.25, 0.3) is 6.08 Å². The smallest absolute Gasteiger partial charge is 0.246 e. The van der Waals surface area contributed by atoms with Crippen molar-refractivity contribution in [3.63, 3.8) is 0 Å². The molecule has 0 spiro atoms. The van der Waals surface area contributed by atoms with Gasteiger partial charge in [-0.05, 0) is 36.6 Å². The lowest BCUT2D eigenvalue weighted by Crippen LogP contribution is -2.43.